The Labute approximate surface area is 165 Å². The van der Waals surface area contributed by atoms with E-state index in [4.69, 9.17) is 4.42 Å². The van der Waals surface area contributed by atoms with Crippen molar-refractivity contribution in [3.63, 3.8) is 0 Å². The summed E-state index contributed by atoms with van der Waals surface area (Å²) in [6.07, 6.45) is 0.325. The third kappa shape index (κ3) is 4.13. The summed E-state index contributed by atoms with van der Waals surface area (Å²) in [5, 5.41) is 2.07. The molecule has 0 atom stereocenters. The molecule has 0 saturated carbocycles. The molecular weight excluding hydrogens is 461 g/mol. The number of amides is 1. The summed E-state index contributed by atoms with van der Waals surface area (Å²) in [7, 11) is 0. The zero-order valence-electron chi connectivity index (χ0n) is 11.9. The van der Waals surface area contributed by atoms with E-state index in [1.165, 1.54) is 6.07 Å². The van der Waals surface area contributed by atoms with E-state index in [9.17, 15) is 29.0 Å². The number of anilines is 1. The summed E-state index contributed by atoms with van der Waals surface area (Å²) in [5.41, 5.74) is -0.600. The quantitative estimate of drug-likeness (QED) is 0.324. The highest BCUT2D eigenvalue weighted by atomic mass is 32.2. The highest BCUT2D eigenvalue weighted by Gasteiger charge is 2.29. The Bertz CT molecular complexity index is 801. The summed E-state index contributed by atoms with van der Waals surface area (Å²) < 4.78 is 71.1. The molecule has 1 amide bonds. The van der Waals surface area contributed by atoms with E-state index in [0.717, 1.165) is 6.07 Å². The van der Waals surface area contributed by atoms with Crippen molar-refractivity contribution in [3.05, 3.63) is 23.7 Å². The van der Waals surface area contributed by atoms with Gasteiger partial charge in [-0.25, -0.2) is 0 Å². The molecule has 140 valence electrons. The maximum atomic E-state index is 13.4. The maximum Gasteiger partial charge on any atom is 0.291 e. The van der Waals surface area contributed by atoms with Crippen LogP contribution in [0.15, 0.2) is 41.0 Å². The molecule has 2 aromatic rings. The molecule has 0 unspecified atom stereocenters. The minimum absolute atomic E-state index is 0.181. The highest BCUT2D eigenvalue weighted by Crippen LogP contribution is 2.54. The highest BCUT2D eigenvalue weighted by molar-refractivity contribution is 8.00. The molecule has 1 heterocycles. The van der Waals surface area contributed by atoms with Gasteiger partial charge in [0.1, 0.15) is 0 Å². The minimum atomic E-state index is -1.03. The molecule has 0 aliphatic carbocycles. The number of benzene rings is 1. The number of aldehydes is 1. The molecule has 0 spiro atoms. The van der Waals surface area contributed by atoms with Gasteiger partial charge in [-0.1, -0.05) is 0 Å². The van der Waals surface area contributed by atoms with Crippen LogP contribution in [0.4, 0.5) is 25.1 Å². The Morgan fingerprint density at radius 3 is 1.69 bits per heavy atom. The van der Waals surface area contributed by atoms with Gasteiger partial charge < -0.3 is 9.73 Å². The van der Waals surface area contributed by atoms with Gasteiger partial charge in [-0.2, -0.15) is 19.4 Å². The van der Waals surface area contributed by atoms with Crippen molar-refractivity contribution in [1.29, 1.82) is 0 Å². The van der Waals surface area contributed by atoms with Crippen molar-refractivity contribution in [3.8, 4) is 0 Å². The largest absolute Gasteiger partial charge is 0.448 e. The first-order valence-corrected chi connectivity index (χ1v) is 9.67. The maximum absolute atomic E-state index is 13.4. The average molecular weight is 465 g/mol. The van der Waals surface area contributed by atoms with Crippen LogP contribution in [0, 0.1) is 0 Å². The fraction of sp³-hybridized carbons (Fsp3) is 0. The lowest BCUT2D eigenvalue weighted by atomic mass is 10.3. The summed E-state index contributed by atoms with van der Waals surface area (Å²) in [6, 6.07) is 2.29. The Kier molecular flexibility index (Phi) is 8.06. The summed E-state index contributed by atoms with van der Waals surface area (Å²) >= 11 is -2.94. The lowest BCUT2D eigenvalue weighted by Gasteiger charge is -2.17. The van der Waals surface area contributed by atoms with E-state index in [-0.39, 0.29) is 11.5 Å². The van der Waals surface area contributed by atoms with Crippen molar-refractivity contribution < 1.29 is 33.4 Å². The minimum Gasteiger partial charge on any atom is -0.448 e. The summed E-state index contributed by atoms with van der Waals surface area (Å²) in [4.78, 5) is 19.5. The first-order valence-electron chi connectivity index (χ1n) is 6.09. The lowest BCUT2D eigenvalue weighted by Crippen LogP contribution is -2.13. The number of hydrogen-bond acceptors (Lipinski definition) is 8. The molecule has 0 fully saturated rings. The lowest BCUT2D eigenvalue weighted by molar-refractivity contribution is 0.0991. The molecule has 14 heteroatoms. The second-order valence-corrected chi connectivity index (χ2v) is 6.99. The van der Waals surface area contributed by atoms with Crippen molar-refractivity contribution in [2.45, 2.75) is 24.5 Å². The van der Waals surface area contributed by atoms with Crippen LogP contribution >= 0.6 is 60.7 Å². The van der Waals surface area contributed by atoms with Crippen LogP contribution < -0.4 is 5.32 Å². The van der Waals surface area contributed by atoms with Gasteiger partial charge in [-0.15, -0.1) is 0 Å². The van der Waals surface area contributed by atoms with Gasteiger partial charge in [-0.3, -0.25) is 9.59 Å². The molecule has 1 aromatic heterocycles. The SMILES string of the molecule is O=Cc1ccc(C(=O)Nc2c(SF)c(SF)c(SF)c(SF)c2SF)o1. The predicted octanol–water partition coefficient (Wildman–Crippen LogP) is 7.23. The second-order valence-electron chi connectivity index (χ2n) is 4.18. The number of rotatable bonds is 8. The van der Waals surface area contributed by atoms with E-state index in [0.29, 0.717) is 6.29 Å². The first kappa shape index (κ1) is 21.3. The smallest absolute Gasteiger partial charge is 0.291 e. The van der Waals surface area contributed by atoms with Crippen LogP contribution in [0.2, 0.25) is 0 Å². The first-order chi connectivity index (χ1) is 12.6. The standard InChI is InChI=1S/C12H4F5NO3S5/c13-22-7-6(18-12(20)5-2-1-4(3-19)21-5)8(23-14)10(25-16)11(26-17)9(7)24-15/h1-3H,(H,18,20). The van der Waals surface area contributed by atoms with Crippen LogP contribution in [0.3, 0.4) is 0 Å². The van der Waals surface area contributed by atoms with E-state index < -0.39 is 96.8 Å². The number of halogens is 5. The van der Waals surface area contributed by atoms with E-state index in [1.54, 1.807) is 0 Å². The molecular formula is C12H4F5NO3S5. The molecule has 0 aliphatic heterocycles. The van der Waals surface area contributed by atoms with E-state index >= 15 is 0 Å². The number of hydrogen-bond donors (Lipinski definition) is 1. The molecule has 1 aromatic carbocycles. The predicted molar refractivity (Wildman–Crippen MR) is 93.3 cm³/mol. The fourth-order valence-corrected chi connectivity index (χ4v) is 4.68. The molecule has 1 N–H and O–H groups in total. The Balaban J connectivity index is 2.61. The summed E-state index contributed by atoms with van der Waals surface area (Å²) in [5.74, 6) is -1.60. The van der Waals surface area contributed by atoms with E-state index in [2.05, 4.69) is 5.32 Å². The molecule has 0 bridgehead atoms. The van der Waals surface area contributed by atoms with Gasteiger partial charge in [0.05, 0.1) is 90.9 Å². The van der Waals surface area contributed by atoms with Gasteiger partial charge in [0.2, 0.25) is 0 Å². The Morgan fingerprint density at radius 1 is 0.846 bits per heavy atom. The van der Waals surface area contributed by atoms with Crippen molar-refractivity contribution in [2.75, 3.05) is 5.32 Å². The van der Waals surface area contributed by atoms with Crippen LogP contribution in [-0.2, 0) is 0 Å². The zero-order chi connectivity index (χ0) is 19.3. The van der Waals surface area contributed by atoms with Crippen LogP contribution in [-0.4, -0.2) is 12.2 Å². The molecule has 4 nitrogen and oxygen atoms in total. The van der Waals surface area contributed by atoms with Crippen molar-refractivity contribution in [1.82, 2.24) is 0 Å². The fourth-order valence-electron chi connectivity index (χ4n) is 1.82. The third-order valence-corrected chi connectivity index (χ3v) is 6.20. The second kappa shape index (κ2) is 9.82. The number of furan rings is 1. The number of carbonyl (C=O) groups excluding carboxylic acids is 2. The molecule has 0 radical (unpaired) electrons. The monoisotopic (exact) mass is 465 g/mol. The van der Waals surface area contributed by atoms with Crippen molar-refractivity contribution in [2.24, 2.45) is 0 Å². The van der Waals surface area contributed by atoms with Crippen LogP contribution in [0.5, 0.6) is 0 Å². The third-order valence-electron chi connectivity index (χ3n) is 2.87. The number of carbonyl (C=O) groups is 2. The summed E-state index contributed by atoms with van der Waals surface area (Å²) in [6.45, 7) is 0. The zero-order valence-corrected chi connectivity index (χ0v) is 16.0. The molecule has 2 rings (SSSR count). The van der Waals surface area contributed by atoms with Crippen molar-refractivity contribution >= 4 is 78.6 Å². The van der Waals surface area contributed by atoms with Gasteiger partial charge >= 0.3 is 0 Å². The normalized spacial score (nSPS) is 10.8. The van der Waals surface area contributed by atoms with Gasteiger partial charge in [0.15, 0.2) is 17.8 Å². The van der Waals surface area contributed by atoms with Gasteiger partial charge in [0.25, 0.3) is 5.91 Å². The Morgan fingerprint density at radius 2 is 1.31 bits per heavy atom. The van der Waals surface area contributed by atoms with Gasteiger partial charge in [0, 0.05) is 0 Å². The molecule has 26 heavy (non-hydrogen) atoms. The Hall–Kier alpha value is -0.960. The van der Waals surface area contributed by atoms with Crippen LogP contribution in [0.1, 0.15) is 21.1 Å². The van der Waals surface area contributed by atoms with E-state index in [1.807, 2.05) is 0 Å². The molecule has 0 aliphatic rings. The molecule has 0 saturated heterocycles. The average Bonchev–Trinajstić information content (AvgIpc) is 3.15. The van der Waals surface area contributed by atoms with Gasteiger partial charge in [-0.05, 0) is 12.1 Å². The number of nitrogens with one attached hydrogen (secondary N) is 1. The van der Waals surface area contributed by atoms with Crippen LogP contribution in [0.25, 0.3) is 0 Å². The topological polar surface area (TPSA) is 59.3 Å².